The van der Waals surface area contributed by atoms with Crippen molar-refractivity contribution in [3.05, 3.63) is 131 Å². The summed E-state index contributed by atoms with van der Waals surface area (Å²) in [5.41, 5.74) is 5.39. The summed E-state index contributed by atoms with van der Waals surface area (Å²) in [7, 11) is 10.7. The lowest BCUT2D eigenvalue weighted by atomic mass is 9.98. The molecule has 0 saturated carbocycles. The van der Waals surface area contributed by atoms with Gasteiger partial charge in [0.25, 0.3) is 0 Å². The number of fused-ring (bicyclic) bond motifs is 3. The number of alkyl carbamates (subject to hydrolysis) is 1. The summed E-state index contributed by atoms with van der Waals surface area (Å²) in [4.78, 5) is 111. The normalized spacial score (nSPS) is 12.5. The average molecular weight is 1510 g/mol. The van der Waals surface area contributed by atoms with Crippen molar-refractivity contribution in [1.29, 1.82) is 0 Å². The molecule has 3 N–H and O–H groups in total. The smallest absolute Gasteiger partial charge is 0.407 e. The van der Waals surface area contributed by atoms with E-state index in [1.807, 2.05) is 72.8 Å². The molecule has 1 atom stereocenters. The summed E-state index contributed by atoms with van der Waals surface area (Å²) >= 11 is 0. The van der Waals surface area contributed by atoms with Gasteiger partial charge in [0.05, 0.1) is 103 Å². The van der Waals surface area contributed by atoms with Crippen LogP contribution in [0.4, 0.5) is 4.79 Å². The number of hydrogen-bond donors (Lipinski definition) is 3. The fourth-order valence-corrected chi connectivity index (χ4v) is 12.8. The first-order chi connectivity index (χ1) is 51.5. The molecular formula is C83H112N8O18. The van der Waals surface area contributed by atoms with Gasteiger partial charge in [-0.25, -0.2) is 4.79 Å². The molecule has 6 aromatic rings. The number of carbonyl (C=O) groups excluding carboxylic acids is 7. The highest BCUT2D eigenvalue weighted by Crippen LogP contribution is 2.46. The van der Waals surface area contributed by atoms with Gasteiger partial charge in [-0.15, -0.1) is 0 Å². The summed E-state index contributed by atoms with van der Waals surface area (Å²) < 4.78 is 64.5. The summed E-state index contributed by atoms with van der Waals surface area (Å²) in [6.07, 6.45) is 1.89. The fraction of sp³-hybridized carbons (Fsp3) is 0.506. The number of pyridine rings is 2. The Bertz CT molecular complexity index is 3780. The van der Waals surface area contributed by atoms with E-state index in [-0.39, 0.29) is 83.6 Å². The van der Waals surface area contributed by atoms with Crippen LogP contribution in [0.3, 0.4) is 0 Å². The number of ether oxygens (including phenoxy) is 11. The number of likely N-dealkylation sites (N-methyl/N-ethyl adjacent to an activating group) is 1. The van der Waals surface area contributed by atoms with Crippen LogP contribution in [0.25, 0.3) is 33.4 Å². The topological polar surface area (TPSA) is 293 Å². The monoisotopic (exact) mass is 1510 g/mol. The summed E-state index contributed by atoms with van der Waals surface area (Å²) in [5, 5.41) is 8.27. The first-order valence-electron chi connectivity index (χ1n) is 36.7. The highest BCUT2D eigenvalue weighted by molar-refractivity contribution is 5.87. The van der Waals surface area contributed by atoms with Crippen molar-refractivity contribution in [1.82, 2.24) is 40.6 Å². The first kappa shape index (κ1) is 86.2. The van der Waals surface area contributed by atoms with Gasteiger partial charge in [0.15, 0.2) is 0 Å². The fourth-order valence-electron chi connectivity index (χ4n) is 12.8. The third-order valence-corrected chi connectivity index (χ3v) is 17.1. The molecule has 1 aliphatic rings. The highest BCUT2D eigenvalue weighted by Gasteiger charge is 2.33. The van der Waals surface area contributed by atoms with Crippen LogP contribution in [0.5, 0.6) is 34.5 Å². The van der Waals surface area contributed by atoms with Crippen LogP contribution < -0.4 is 44.4 Å². The number of amides is 3. The SMILES string of the molecule is CNC(=O)C(CCC(=O)NCCCCCCN(Cc1cc(-c2c(OC)cc(OC)cc2OC)cc(CN(CC(=O)OC(C)(C)C)CC(=O)OC(C)(C)C)n1)Cc1cc(-c2c(OC)cc(OC)cc2OC)cc(CN(CC(=O)OC(C)(C)C)CC(=O)OC(C)(C)C)n1)NC(=O)OCC1c2ccccc2-c2ccccc21. The van der Waals surface area contributed by atoms with Gasteiger partial charge in [0, 0.05) is 76.4 Å². The van der Waals surface area contributed by atoms with Crippen molar-refractivity contribution >= 4 is 41.8 Å². The van der Waals surface area contributed by atoms with Crippen molar-refractivity contribution in [2.24, 2.45) is 0 Å². The molecule has 26 heteroatoms. The van der Waals surface area contributed by atoms with Crippen molar-refractivity contribution in [2.75, 3.05) is 95.6 Å². The Hall–Kier alpha value is -10.1. The van der Waals surface area contributed by atoms with E-state index in [2.05, 4.69) is 20.9 Å². The third-order valence-electron chi connectivity index (χ3n) is 17.1. The number of hydrogen-bond acceptors (Lipinski definition) is 23. The number of benzene rings is 4. The average Bonchev–Trinajstić information content (AvgIpc) is 1.61. The molecule has 26 nitrogen and oxygen atoms in total. The number of methoxy groups -OCH3 is 6. The minimum atomic E-state index is -1.03. The standard InChI is InChI=1S/C83H112N8O18/c1-80(2,3)106-72(93)48-90(49-73(94)107-81(4,5)6)46-57-38-53(76-67(101-16)40-59(99-14)41-68(76)102-17)36-55(86-57)44-89(35-27-21-20-26-34-85-71(92)33-32-66(78(97)84-13)88-79(98)105-52-65-63-30-24-22-28-61(63)62-29-23-25-31-64(62)65)45-56-37-54(77-69(103-18)42-60(100-15)43-70(77)104-19)39-58(87-56)47-91(50-74(95)108-82(7,8)9)51-75(96)109-83(10,11)12/h22-25,28-31,36-43,65-66H,20-21,26-27,32-35,44-52H2,1-19H3,(H,84,97)(H,85,92)(H,88,98). The number of carbonyl (C=O) groups is 7. The van der Waals surface area contributed by atoms with E-state index >= 15 is 0 Å². The van der Waals surface area contributed by atoms with E-state index in [0.717, 1.165) is 22.3 Å². The largest absolute Gasteiger partial charge is 0.496 e. The van der Waals surface area contributed by atoms with E-state index in [9.17, 15) is 33.6 Å². The second-order valence-electron chi connectivity index (χ2n) is 30.8. The Morgan fingerprint density at radius 2 is 0.817 bits per heavy atom. The van der Waals surface area contributed by atoms with E-state index in [4.69, 9.17) is 62.1 Å². The molecule has 0 saturated heterocycles. The zero-order valence-corrected chi connectivity index (χ0v) is 67.0. The molecular weight excluding hydrogens is 1400 g/mol. The molecule has 1 unspecified atom stereocenters. The minimum absolute atomic E-state index is 0.0228. The summed E-state index contributed by atoms with van der Waals surface area (Å²) in [6, 6.07) is 29.5. The molecule has 0 bridgehead atoms. The maximum Gasteiger partial charge on any atom is 0.407 e. The molecule has 2 heterocycles. The number of unbranched alkanes of at least 4 members (excludes halogenated alkanes) is 3. The van der Waals surface area contributed by atoms with Crippen LogP contribution in [-0.4, -0.2) is 190 Å². The maximum absolute atomic E-state index is 13.7. The predicted octanol–water partition coefficient (Wildman–Crippen LogP) is 11.9. The molecule has 1 aliphatic carbocycles. The molecule has 0 spiro atoms. The maximum atomic E-state index is 13.7. The quantitative estimate of drug-likeness (QED) is 0.0184. The van der Waals surface area contributed by atoms with Gasteiger partial charge >= 0.3 is 30.0 Å². The van der Waals surface area contributed by atoms with Gasteiger partial charge in [-0.05, 0) is 167 Å². The van der Waals surface area contributed by atoms with Crippen molar-refractivity contribution in [3.8, 4) is 67.9 Å². The van der Waals surface area contributed by atoms with Crippen molar-refractivity contribution in [2.45, 2.75) is 182 Å². The molecule has 0 radical (unpaired) electrons. The number of aromatic nitrogens is 2. The van der Waals surface area contributed by atoms with Crippen LogP contribution in [0.1, 0.15) is 161 Å². The molecule has 109 heavy (non-hydrogen) atoms. The van der Waals surface area contributed by atoms with Gasteiger partial charge in [-0.3, -0.25) is 53.4 Å². The number of nitrogens with zero attached hydrogens (tertiary/aromatic N) is 5. The van der Waals surface area contributed by atoms with Gasteiger partial charge in [-0.2, -0.15) is 0 Å². The van der Waals surface area contributed by atoms with Gasteiger partial charge in [0.2, 0.25) is 11.8 Å². The molecule has 2 aromatic heterocycles. The Labute approximate surface area is 641 Å². The van der Waals surface area contributed by atoms with Gasteiger partial charge < -0.3 is 68.1 Å². The Morgan fingerprint density at radius 1 is 0.459 bits per heavy atom. The molecule has 4 aromatic carbocycles. The number of rotatable bonds is 38. The lowest BCUT2D eigenvalue weighted by molar-refractivity contribution is -0.162. The highest BCUT2D eigenvalue weighted by atomic mass is 16.6. The van der Waals surface area contributed by atoms with Crippen LogP contribution in [0.2, 0.25) is 0 Å². The zero-order valence-electron chi connectivity index (χ0n) is 67.0. The molecule has 592 valence electrons. The van der Waals surface area contributed by atoms with E-state index in [1.165, 1.54) is 7.05 Å². The summed E-state index contributed by atoms with van der Waals surface area (Å²) in [6.45, 7) is 21.2. The van der Waals surface area contributed by atoms with Gasteiger partial charge in [-0.1, -0.05) is 61.4 Å². The van der Waals surface area contributed by atoms with E-state index in [1.54, 1.807) is 160 Å². The zero-order chi connectivity index (χ0) is 80.0. The van der Waals surface area contributed by atoms with Crippen LogP contribution >= 0.6 is 0 Å². The number of esters is 4. The Morgan fingerprint density at radius 3 is 1.17 bits per heavy atom. The Kier molecular flexibility index (Phi) is 31.1. The minimum Gasteiger partial charge on any atom is -0.496 e. The summed E-state index contributed by atoms with van der Waals surface area (Å²) in [5.74, 6) is -0.538. The van der Waals surface area contributed by atoms with Gasteiger partial charge in [0.1, 0.15) is 69.5 Å². The number of nitrogens with one attached hydrogen (secondary N) is 3. The second-order valence-corrected chi connectivity index (χ2v) is 30.8. The van der Waals surface area contributed by atoms with Crippen molar-refractivity contribution in [3.63, 3.8) is 0 Å². The molecule has 0 aliphatic heterocycles. The van der Waals surface area contributed by atoms with Crippen LogP contribution in [0, 0.1) is 0 Å². The first-order valence-corrected chi connectivity index (χ1v) is 36.7. The third kappa shape index (κ3) is 27.2. The lowest BCUT2D eigenvalue weighted by Gasteiger charge is -2.27. The van der Waals surface area contributed by atoms with E-state index < -0.39 is 64.3 Å². The second kappa shape index (κ2) is 39.4. The molecule has 0 fully saturated rings. The van der Waals surface area contributed by atoms with Crippen LogP contribution in [0.15, 0.2) is 97.1 Å². The van der Waals surface area contributed by atoms with Crippen LogP contribution in [-0.2, 0) is 78.6 Å². The predicted molar refractivity (Wildman–Crippen MR) is 413 cm³/mol. The molecule has 7 rings (SSSR count). The Balaban J connectivity index is 1.22. The van der Waals surface area contributed by atoms with Crippen molar-refractivity contribution < 1.29 is 85.7 Å². The van der Waals surface area contributed by atoms with E-state index in [0.29, 0.717) is 118 Å². The lowest BCUT2D eigenvalue weighted by Crippen LogP contribution is -2.46. The molecule has 3 amide bonds.